The third-order valence-electron chi connectivity index (χ3n) is 2.79. The maximum absolute atomic E-state index is 9.88. The Balaban J connectivity index is 3.87. The number of hydrogen-bond donors (Lipinski definition) is 1. The Labute approximate surface area is 81.7 Å². The lowest BCUT2D eigenvalue weighted by molar-refractivity contribution is 0.00741. The Kier molecular flexibility index (Phi) is 5.53. The molecule has 0 aromatic carbocycles. The van der Waals surface area contributed by atoms with E-state index in [9.17, 15) is 5.11 Å². The van der Waals surface area contributed by atoms with Crippen molar-refractivity contribution in [2.45, 2.75) is 38.3 Å². The first-order valence-corrected chi connectivity index (χ1v) is 4.77. The highest BCUT2D eigenvalue weighted by atomic mass is 16.5. The van der Waals surface area contributed by atoms with E-state index in [0.717, 1.165) is 19.4 Å². The largest absolute Gasteiger partial charge is 0.391 e. The van der Waals surface area contributed by atoms with Crippen molar-refractivity contribution < 1.29 is 9.84 Å². The van der Waals surface area contributed by atoms with Gasteiger partial charge in [-0.3, -0.25) is 0 Å². The minimum absolute atomic E-state index is 0.159. The van der Waals surface area contributed by atoms with E-state index >= 15 is 0 Å². The Morgan fingerprint density at radius 3 is 2.31 bits per heavy atom. The van der Waals surface area contributed by atoms with Crippen molar-refractivity contribution in [2.24, 2.45) is 0 Å². The molecule has 1 atom stereocenters. The summed E-state index contributed by atoms with van der Waals surface area (Å²) in [5.41, 5.74) is -0.159. The molecule has 0 aliphatic heterocycles. The van der Waals surface area contributed by atoms with Crippen molar-refractivity contribution in [3.8, 4) is 0 Å². The third-order valence-corrected chi connectivity index (χ3v) is 2.79. The van der Waals surface area contributed by atoms with E-state index in [1.807, 2.05) is 32.8 Å². The van der Waals surface area contributed by atoms with E-state index < -0.39 is 0 Å². The second-order valence-corrected chi connectivity index (χ2v) is 4.20. The fourth-order valence-electron chi connectivity index (χ4n) is 1.07. The molecular formula is C10H23NO2. The molecule has 0 amide bonds. The van der Waals surface area contributed by atoms with E-state index in [-0.39, 0.29) is 11.6 Å². The smallest absolute Gasteiger partial charge is 0.0719 e. The van der Waals surface area contributed by atoms with Crippen LogP contribution in [0.25, 0.3) is 0 Å². The van der Waals surface area contributed by atoms with Crippen LogP contribution in [0.5, 0.6) is 0 Å². The minimum Gasteiger partial charge on any atom is -0.391 e. The fraction of sp³-hybridized carbons (Fsp3) is 1.00. The van der Waals surface area contributed by atoms with Crippen LogP contribution in [0.1, 0.15) is 26.7 Å². The van der Waals surface area contributed by atoms with Crippen molar-refractivity contribution >= 4 is 0 Å². The summed E-state index contributed by atoms with van der Waals surface area (Å²) in [7, 11) is 5.66. The average Bonchev–Trinajstić information content (AvgIpc) is 2.04. The van der Waals surface area contributed by atoms with E-state index in [2.05, 4.69) is 0 Å². The maximum Gasteiger partial charge on any atom is 0.0719 e. The molecule has 1 unspecified atom stereocenters. The number of hydrogen-bond acceptors (Lipinski definition) is 3. The van der Waals surface area contributed by atoms with Crippen molar-refractivity contribution in [3.63, 3.8) is 0 Å². The molecule has 13 heavy (non-hydrogen) atoms. The summed E-state index contributed by atoms with van der Waals surface area (Å²) in [6.45, 7) is 4.81. The summed E-state index contributed by atoms with van der Waals surface area (Å²) in [5, 5.41) is 9.88. The van der Waals surface area contributed by atoms with Crippen LogP contribution in [-0.4, -0.2) is 49.5 Å². The van der Waals surface area contributed by atoms with Gasteiger partial charge < -0.3 is 14.7 Å². The first-order chi connectivity index (χ1) is 5.92. The summed E-state index contributed by atoms with van der Waals surface area (Å²) in [6.07, 6.45) is 1.41. The Morgan fingerprint density at radius 1 is 1.38 bits per heavy atom. The summed E-state index contributed by atoms with van der Waals surface area (Å²) in [4.78, 5) is 2.05. The number of ether oxygens (including phenoxy) is 1. The first kappa shape index (κ1) is 12.9. The summed E-state index contributed by atoms with van der Waals surface area (Å²) in [5.74, 6) is 0. The van der Waals surface area contributed by atoms with Crippen LogP contribution in [0.4, 0.5) is 0 Å². The molecule has 0 heterocycles. The molecule has 0 aliphatic carbocycles. The van der Waals surface area contributed by atoms with Gasteiger partial charge in [0.15, 0.2) is 0 Å². The summed E-state index contributed by atoms with van der Waals surface area (Å²) >= 11 is 0. The molecule has 0 fully saturated rings. The van der Waals surface area contributed by atoms with Gasteiger partial charge in [0, 0.05) is 19.3 Å². The van der Waals surface area contributed by atoms with Gasteiger partial charge in [-0.2, -0.15) is 0 Å². The molecule has 0 radical (unpaired) electrons. The van der Waals surface area contributed by atoms with E-state index in [0.29, 0.717) is 0 Å². The number of likely N-dealkylation sites (N-methyl/N-ethyl adjacent to an activating group) is 1. The Morgan fingerprint density at radius 2 is 1.92 bits per heavy atom. The highest BCUT2D eigenvalue weighted by Gasteiger charge is 2.29. The number of aliphatic hydroxyl groups is 1. The van der Waals surface area contributed by atoms with Crippen LogP contribution in [-0.2, 0) is 4.74 Å². The van der Waals surface area contributed by atoms with Crippen molar-refractivity contribution in [2.75, 3.05) is 27.8 Å². The van der Waals surface area contributed by atoms with Gasteiger partial charge in [-0.15, -0.1) is 0 Å². The second-order valence-electron chi connectivity index (χ2n) is 4.20. The second kappa shape index (κ2) is 5.58. The quantitative estimate of drug-likeness (QED) is 0.635. The predicted octanol–water partition coefficient (Wildman–Crippen LogP) is 1.11. The maximum atomic E-state index is 9.88. The number of methoxy groups -OCH3 is 1. The van der Waals surface area contributed by atoms with E-state index in [1.165, 1.54) is 0 Å². The average molecular weight is 189 g/mol. The lowest BCUT2D eigenvalue weighted by atomic mass is 9.92. The van der Waals surface area contributed by atoms with Gasteiger partial charge in [-0.1, -0.05) is 0 Å². The van der Waals surface area contributed by atoms with Gasteiger partial charge in [-0.25, -0.2) is 0 Å². The summed E-state index contributed by atoms with van der Waals surface area (Å²) in [6, 6.07) is 0. The zero-order valence-electron chi connectivity index (χ0n) is 9.50. The normalized spacial score (nSPS) is 15.0. The standard InChI is InChI=1S/C10H23NO2/c1-10(2,11(3)4)9(12)7-6-8-13-5/h9,12H,6-8H2,1-5H3. The number of rotatable bonds is 6. The Hall–Kier alpha value is -0.120. The Bertz CT molecular complexity index is 135. The van der Waals surface area contributed by atoms with Gasteiger partial charge in [0.1, 0.15) is 0 Å². The van der Waals surface area contributed by atoms with Crippen LogP contribution >= 0.6 is 0 Å². The first-order valence-electron chi connectivity index (χ1n) is 4.77. The third kappa shape index (κ3) is 4.07. The lowest BCUT2D eigenvalue weighted by Crippen LogP contribution is -2.48. The summed E-state index contributed by atoms with van der Waals surface area (Å²) < 4.78 is 4.94. The predicted molar refractivity (Wildman–Crippen MR) is 54.9 cm³/mol. The highest BCUT2D eigenvalue weighted by molar-refractivity contribution is 4.85. The lowest BCUT2D eigenvalue weighted by Gasteiger charge is -2.37. The van der Waals surface area contributed by atoms with E-state index in [4.69, 9.17) is 4.74 Å². The highest BCUT2D eigenvalue weighted by Crippen LogP contribution is 2.19. The SMILES string of the molecule is COCCCC(O)C(C)(C)N(C)C. The van der Waals surface area contributed by atoms with Crippen LogP contribution in [0.15, 0.2) is 0 Å². The van der Waals surface area contributed by atoms with Gasteiger partial charge in [0.2, 0.25) is 0 Å². The van der Waals surface area contributed by atoms with Gasteiger partial charge in [-0.05, 0) is 40.8 Å². The zero-order valence-corrected chi connectivity index (χ0v) is 9.50. The van der Waals surface area contributed by atoms with Gasteiger partial charge in [0.25, 0.3) is 0 Å². The van der Waals surface area contributed by atoms with Crippen molar-refractivity contribution in [1.29, 1.82) is 0 Å². The van der Waals surface area contributed by atoms with Crippen LogP contribution in [0.3, 0.4) is 0 Å². The molecule has 3 nitrogen and oxygen atoms in total. The molecule has 0 aliphatic rings. The molecular weight excluding hydrogens is 166 g/mol. The number of nitrogens with zero attached hydrogens (tertiary/aromatic N) is 1. The van der Waals surface area contributed by atoms with Crippen LogP contribution in [0, 0.1) is 0 Å². The molecule has 0 saturated heterocycles. The fourth-order valence-corrected chi connectivity index (χ4v) is 1.07. The molecule has 0 aromatic rings. The van der Waals surface area contributed by atoms with Crippen LogP contribution < -0.4 is 0 Å². The van der Waals surface area contributed by atoms with Gasteiger partial charge in [0.05, 0.1) is 6.10 Å². The molecule has 1 N–H and O–H groups in total. The van der Waals surface area contributed by atoms with Crippen molar-refractivity contribution in [3.05, 3.63) is 0 Å². The molecule has 3 heteroatoms. The van der Waals surface area contributed by atoms with Crippen LogP contribution in [0.2, 0.25) is 0 Å². The van der Waals surface area contributed by atoms with Gasteiger partial charge >= 0.3 is 0 Å². The monoisotopic (exact) mass is 189 g/mol. The topological polar surface area (TPSA) is 32.7 Å². The molecule has 80 valence electrons. The van der Waals surface area contributed by atoms with E-state index in [1.54, 1.807) is 7.11 Å². The molecule has 0 spiro atoms. The molecule has 0 rings (SSSR count). The molecule has 0 bridgehead atoms. The molecule has 0 aromatic heterocycles. The molecule has 0 saturated carbocycles. The minimum atomic E-state index is -0.294. The number of aliphatic hydroxyl groups excluding tert-OH is 1. The van der Waals surface area contributed by atoms with Crippen molar-refractivity contribution in [1.82, 2.24) is 4.90 Å². The zero-order chi connectivity index (χ0) is 10.5.